The van der Waals surface area contributed by atoms with Gasteiger partial charge in [-0.1, -0.05) is 45.9 Å². The minimum absolute atomic E-state index is 0.0602. The third kappa shape index (κ3) is 4.33. The molecule has 3 saturated carbocycles. The molecule has 2 N–H and O–H groups in total. The van der Waals surface area contributed by atoms with Crippen molar-refractivity contribution in [3.8, 4) is 0 Å². The number of rotatable bonds is 3. The highest BCUT2D eigenvalue weighted by Crippen LogP contribution is 2.69. The van der Waals surface area contributed by atoms with Gasteiger partial charge in [0.2, 0.25) is 5.91 Å². The summed E-state index contributed by atoms with van der Waals surface area (Å²) in [4.78, 5) is 14.3. The summed E-state index contributed by atoms with van der Waals surface area (Å²) in [6, 6.07) is 10.8. The van der Waals surface area contributed by atoms with E-state index in [4.69, 9.17) is 14.6 Å². The summed E-state index contributed by atoms with van der Waals surface area (Å²) >= 11 is 1.94. The van der Waals surface area contributed by atoms with Gasteiger partial charge in [0.15, 0.2) is 0 Å². The number of benzene rings is 1. The zero-order valence-electron chi connectivity index (χ0n) is 25.9. The van der Waals surface area contributed by atoms with Crippen molar-refractivity contribution in [3.05, 3.63) is 30.3 Å². The third-order valence-electron chi connectivity index (χ3n) is 12.6. The summed E-state index contributed by atoms with van der Waals surface area (Å²) in [5.41, 5.74) is 0.656. The second-order valence-corrected chi connectivity index (χ2v) is 16.2. The van der Waals surface area contributed by atoms with Crippen molar-refractivity contribution in [1.82, 2.24) is 10.3 Å². The number of fused-ring (bicyclic) bond motifs is 3. The van der Waals surface area contributed by atoms with Crippen LogP contribution in [0.25, 0.3) is 0 Å². The Morgan fingerprint density at radius 1 is 1.07 bits per heavy atom. The van der Waals surface area contributed by atoms with Gasteiger partial charge in [0, 0.05) is 34.1 Å². The first-order valence-corrected chi connectivity index (χ1v) is 17.2. The van der Waals surface area contributed by atoms with E-state index >= 15 is 0 Å². The molecule has 1 aromatic rings. The fraction of sp³-hybridized carbons (Fsp3) is 0.765. The van der Waals surface area contributed by atoms with Gasteiger partial charge >= 0.3 is 0 Å². The topological polar surface area (TPSA) is 83.4 Å². The van der Waals surface area contributed by atoms with Crippen molar-refractivity contribution in [2.45, 2.75) is 101 Å². The fourth-order valence-corrected chi connectivity index (χ4v) is 11.7. The number of aliphatic hydroxyl groups is 1. The molecular formula is C34H49N3O4S. The molecule has 11 atom stereocenters. The largest absolute Gasteiger partial charge is 0.393 e. The lowest BCUT2D eigenvalue weighted by molar-refractivity contribution is -0.319. The highest BCUT2D eigenvalue weighted by atomic mass is 32.2. The van der Waals surface area contributed by atoms with Crippen LogP contribution in [0, 0.1) is 40.4 Å². The second-order valence-electron chi connectivity index (χ2n) is 15.0. The first-order chi connectivity index (χ1) is 20.0. The van der Waals surface area contributed by atoms with Gasteiger partial charge in [-0.3, -0.25) is 9.80 Å². The summed E-state index contributed by atoms with van der Waals surface area (Å²) in [5.74, 6) is 0.878. The lowest BCUT2D eigenvalue weighted by Crippen LogP contribution is -2.74. The fourth-order valence-electron chi connectivity index (χ4n) is 10.3. The van der Waals surface area contributed by atoms with Crippen LogP contribution < -0.4 is 5.32 Å². The molecule has 6 aliphatic rings. The molecule has 3 saturated heterocycles. The SMILES string of the molecule is CC1NC(=O)C2CC(O)C3CC4(C)C(C)CCC5C(C)(C)C(=NN6CCOCC6)C(Sc6ccccc6)CC54OC3C12. The summed E-state index contributed by atoms with van der Waals surface area (Å²) in [6.45, 7) is 15.0. The molecule has 42 heavy (non-hydrogen) atoms. The number of morpholine rings is 1. The molecule has 0 bridgehead atoms. The molecular weight excluding hydrogens is 546 g/mol. The van der Waals surface area contributed by atoms with Gasteiger partial charge in [0.05, 0.1) is 55.1 Å². The monoisotopic (exact) mass is 595 g/mol. The Morgan fingerprint density at radius 3 is 2.55 bits per heavy atom. The standard InChI is InChI=1S/C34H49N3O4S/c1-20-11-12-27-32(3,4)30(36-37-13-15-40-16-14-37)26(42-22-9-7-6-8-10-22)19-34(27)33(20,5)18-24-25(38)17-23-28(29(24)41-34)21(2)35-31(23)39/h6-10,20-21,23-29,38H,11-19H2,1-5H3,(H,35,39). The maximum Gasteiger partial charge on any atom is 0.223 e. The van der Waals surface area contributed by atoms with Crippen molar-refractivity contribution >= 4 is 23.4 Å². The van der Waals surface area contributed by atoms with Crippen molar-refractivity contribution in [3.63, 3.8) is 0 Å². The van der Waals surface area contributed by atoms with Crippen LogP contribution in [0.2, 0.25) is 0 Å². The molecule has 6 fully saturated rings. The third-order valence-corrected chi connectivity index (χ3v) is 13.9. The number of nitrogens with one attached hydrogen (secondary N) is 1. The molecule has 3 aliphatic carbocycles. The molecule has 8 heteroatoms. The molecule has 1 spiro atoms. The number of ether oxygens (including phenoxy) is 2. The van der Waals surface area contributed by atoms with Crippen molar-refractivity contribution in [2.75, 3.05) is 26.3 Å². The molecule has 0 radical (unpaired) electrons. The van der Waals surface area contributed by atoms with E-state index in [1.54, 1.807) is 0 Å². The van der Waals surface area contributed by atoms with Gasteiger partial charge in [-0.25, -0.2) is 0 Å². The molecule has 3 heterocycles. The zero-order valence-corrected chi connectivity index (χ0v) is 26.7. The van der Waals surface area contributed by atoms with Crippen LogP contribution in [0.1, 0.15) is 66.7 Å². The van der Waals surface area contributed by atoms with E-state index in [2.05, 4.69) is 75.3 Å². The summed E-state index contributed by atoms with van der Waals surface area (Å²) in [5, 5.41) is 22.6. The van der Waals surface area contributed by atoms with Crippen molar-refractivity contribution < 1.29 is 19.4 Å². The van der Waals surface area contributed by atoms with Gasteiger partial charge in [-0.05, 0) is 68.4 Å². The van der Waals surface area contributed by atoms with Gasteiger partial charge < -0.3 is 19.9 Å². The van der Waals surface area contributed by atoms with Crippen LogP contribution in [-0.2, 0) is 14.3 Å². The first-order valence-electron chi connectivity index (χ1n) is 16.3. The van der Waals surface area contributed by atoms with Crippen LogP contribution in [0.4, 0.5) is 0 Å². The Balaban J connectivity index is 1.34. The molecule has 11 unspecified atom stereocenters. The molecule has 0 aromatic heterocycles. The van der Waals surface area contributed by atoms with Crippen molar-refractivity contribution in [1.29, 1.82) is 0 Å². The second kappa shape index (κ2) is 10.5. The number of thioether (sulfide) groups is 1. The van der Waals surface area contributed by atoms with Gasteiger partial charge in [-0.15, -0.1) is 11.8 Å². The van der Waals surface area contributed by atoms with Gasteiger partial charge in [-0.2, -0.15) is 5.10 Å². The van der Waals surface area contributed by atoms with Crippen LogP contribution in [0.15, 0.2) is 40.3 Å². The number of carbonyl (C=O) groups excluding carboxylic acids is 1. The van der Waals surface area contributed by atoms with Crippen LogP contribution in [-0.4, -0.2) is 77.1 Å². The predicted octanol–water partition coefficient (Wildman–Crippen LogP) is 4.98. The predicted molar refractivity (Wildman–Crippen MR) is 165 cm³/mol. The molecule has 7 nitrogen and oxygen atoms in total. The van der Waals surface area contributed by atoms with E-state index in [0.29, 0.717) is 18.3 Å². The molecule has 1 aromatic carbocycles. The van der Waals surface area contributed by atoms with E-state index < -0.39 is 6.10 Å². The number of hydrogen-bond donors (Lipinski definition) is 2. The normalized spacial score (nSPS) is 47.2. The van der Waals surface area contributed by atoms with Crippen molar-refractivity contribution in [2.24, 2.45) is 45.5 Å². The molecule has 7 rings (SSSR count). The molecule has 1 amide bonds. The average molecular weight is 596 g/mol. The first kappa shape index (κ1) is 29.1. The highest BCUT2D eigenvalue weighted by molar-refractivity contribution is 8.00. The number of hydrazone groups is 1. The van der Waals surface area contributed by atoms with E-state index in [9.17, 15) is 9.90 Å². The molecule has 3 aliphatic heterocycles. The van der Waals surface area contributed by atoms with Crippen LogP contribution >= 0.6 is 11.8 Å². The van der Waals surface area contributed by atoms with E-state index in [1.165, 1.54) is 10.6 Å². The van der Waals surface area contributed by atoms with E-state index in [0.717, 1.165) is 52.0 Å². The summed E-state index contributed by atoms with van der Waals surface area (Å²) in [6.07, 6.45) is 4.05. The van der Waals surface area contributed by atoms with E-state index in [-0.39, 0.29) is 57.5 Å². The van der Waals surface area contributed by atoms with Crippen LogP contribution in [0.3, 0.4) is 0 Å². The molecule has 230 valence electrons. The maximum atomic E-state index is 13.0. The Kier molecular flexibility index (Phi) is 7.27. The summed E-state index contributed by atoms with van der Waals surface area (Å²) < 4.78 is 13.4. The maximum absolute atomic E-state index is 13.0. The average Bonchev–Trinajstić information content (AvgIpc) is 3.24. The summed E-state index contributed by atoms with van der Waals surface area (Å²) in [7, 11) is 0. The Labute approximate surface area is 255 Å². The quantitative estimate of drug-likeness (QED) is 0.513. The number of nitrogens with zero attached hydrogens (tertiary/aromatic N) is 2. The number of carbonyl (C=O) groups is 1. The highest BCUT2D eigenvalue weighted by Gasteiger charge is 2.72. The minimum Gasteiger partial charge on any atom is -0.393 e. The van der Waals surface area contributed by atoms with Gasteiger partial charge in [0.1, 0.15) is 0 Å². The van der Waals surface area contributed by atoms with Crippen LogP contribution in [0.5, 0.6) is 0 Å². The Morgan fingerprint density at radius 2 is 1.81 bits per heavy atom. The number of hydrogen-bond acceptors (Lipinski definition) is 7. The number of amides is 1. The lowest BCUT2D eigenvalue weighted by Gasteiger charge is -2.70. The van der Waals surface area contributed by atoms with Gasteiger partial charge in [0.25, 0.3) is 0 Å². The Bertz CT molecular complexity index is 1220. The zero-order chi connectivity index (χ0) is 29.4. The lowest BCUT2D eigenvalue weighted by atomic mass is 9.42. The van der Waals surface area contributed by atoms with E-state index in [1.807, 2.05) is 11.8 Å². The smallest absolute Gasteiger partial charge is 0.223 e. The number of aliphatic hydroxyl groups excluding tert-OH is 1. The Hall–Kier alpha value is -1.61. The minimum atomic E-state index is -0.501.